The molecule has 0 fully saturated rings. The molecule has 0 atom stereocenters. The smallest absolute Gasteiger partial charge is 0.261 e. The van der Waals surface area contributed by atoms with E-state index in [2.05, 4.69) is 0 Å². The van der Waals surface area contributed by atoms with E-state index in [0.29, 0.717) is 27.2 Å². The van der Waals surface area contributed by atoms with Crippen molar-refractivity contribution in [1.29, 1.82) is 0 Å². The Morgan fingerprint density at radius 1 is 0.857 bits per heavy atom. The fourth-order valence-corrected chi connectivity index (χ4v) is 4.85. The van der Waals surface area contributed by atoms with E-state index in [4.69, 9.17) is 23.2 Å². The summed E-state index contributed by atoms with van der Waals surface area (Å²) < 4.78 is 0. The summed E-state index contributed by atoms with van der Waals surface area (Å²) in [5.74, 6) is -1.10. The second-order valence-corrected chi connectivity index (χ2v) is 9.23. The molecular weight excluding hydrogens is 483 g/mol. The van der Waals surface area contributed by atoms with Crippen LogP contribution in [0, 0.1) is 6.92 Å². The van der Waals surface area contributed by atoms with Crippen molar-refractivity contribution in [3.8, 4) is 0 Å². The summed E-state index contributed by atoms with van der Waals surface area (Å²) in [5.41, 5.74) is 2.91. The van der Waals surface area contributed by atoms with Crippen LogP contribution in [0.4, 0.5) is 5.69 Å². The fraction of sp³-hybridized carbons (Fsp3) is 0.107. The number of halogens is 2. The van der Waals surface area contributed by atoms with E-state index >= 15 is 0 Å². The molecular formula is C28H20Cl2N2O3. The van der Waals surface area contributed by atoms with Gasteiger partial charge in [-0.1, -0.05) is 65.2 Å². The SMILES string of the molecule is Cc1ccc(N(CCN2C(=O)c3cccc4cccc(c34)C2=O)C(=O)c2ccc(Cl)cc2Cl)cc1. The van der Waals surface area contributed by atoms with Gasteiger partial charge in [-0.15, -0.1) is 0 Å². The van der Waals surface area contributed by atoms with Crippen LogP contribution in [0.25, 0.3) is 10.8 Å². The molecule has 0 N–H and O–H groups in total. The van der Waals surface area contributed by atoms with Gasteiger partial charge in [0, 0.05) is 40.3 Å². The predicted molar refractivity (Wildman–Crippen MR) is 139 cm³/mol. The van der Waals surface area contributed by atoms with Crippen molar-refractivity contribution in [2.75, 3.05) is 18.0 Å². The molecule has 3 amide bonds. The van der Waals surface area contributed by atoms with Gasteiger partial charge in [0.25, 0.3) is 17.7 Å². The van der Waals surface area contributed by atoms with Crippen molar-refractivity contribution in [2.24, 2.45) is 0 Å². The Kier molecular flexibility index (Phi) is 6.05. The number of benzene rings is 4. The van der Waals surface area contributed by atoms with Crippen LogP contribution in [0.2, 0.25) is 10.0 Å². The van der Waals surface area contributed by atoms with Crippen molar-refractivity contribution < 1.29 is 14.4 Å². The van der Waals surface area contributed by atoms with E-state index in [0.717, 1.165) is 10.9 Å². The molecule has 0 unspecified atom stereocenters. The minimum atomic E-state index is -0.375. The Labute approximate surface area is 212 Å². The largest absolute Gasteiger partial charge is 0.307 e. The third kappa shape index (κ3) is 4.18. The summed E-state index contributed by atoms with van der Waals surface area (Å²) >= 11 is 12.3. The minimum Gasteiger partial charge on any atom is -0.307 e. The molecule has 0 aliphatic carbocycles. The van der Waals surface area contributed by atoms with E-state index < -0.39 is 0 Å². The molecule has 7 heteroatoms. The third-order valence-corrected chi connectivity index (χ3v) is 6.70. The monoisotopic (exact) mass is 502 g/mol. The van der Waals surface area contributed by atoms with E-state index in [9.17, 15) is 14.4 Å². The van der Waals surface area contributed by atoms with Crippen molar-refractivity contribution in [1.82, 2.24) is 4.90 Å². The maximum atomic E-state index is 13.6. The first-order chi connectivity index (χ1) is 16.8. The minimum absolute atomic E-state index is 0.0210. The standard InChI is InChI=1S/C28H20Cl2N2O3/c1-17-8-11-20(12-9-17)31(26(33)21-13-10-19(29)16-24(21)30)14-15-32-27(34)22-6-2-4-18-5-3-7-23(25(18)22)28(32)35/h2-13,16H,14-15H2,1H3. The topological polar surface area (TPSA) is 57.7 Å². The van der Waals surface area contributed by atoms with Gasteiger partial charge in [-0.3, -0.25) is 19.3 Å². The molecule has 1 aliphatic heterocycles. The molecule has 4 aromatic carbocycles. The Bertz CT molecular complexity index is 1450. The lowest BCUT2D eigenvalue weighted by molar-refractivity contribution is 0.0611. The van der Waals surface area contributed by atoms with E-state index in [1.165, 1.54) is 15.9 Å². The maximum absolute atomic E-state index is 13.6. The number of aryl methyl sites for hydroxylation is 1. The summed E-state index contributed by atoms with van der Waals surface area (Å²) in [5, 5.41) is 2.16. The molecule has 5 rings (SSSR count). The highest BCUT2D eigenvalue weighted by Crippen LogP contribution is 2.30. The number of carbonyl (C=O) groups is 3. The fourth-order valence-electron chi connectivity index (χ4n) is 4.36. The number of nitrogens with zero attached hydrogens (tertiary/aromatic N) is 2. The second-order valence-electron chi connectivity index (χ2n) is 8.39. The zero-order valence-electron chi connectivity index (χ0n) is 18.8. The van der Waals surface area contributed by atoms with Gasteiger partial charge in [0.1, 0.15) is 0 Å². The molecule has 0 saturated carbocycles. The van der Waals surface area contributed by atoms with Crippen molar-refractivity contribution in [3.63, 3.8) is 0 Å². The Hall–Kier alpha value is -3.67. The lowest BCUT2D eigenvalue weighted by atomic mass is 9.94. The Balaban J connectivity index is 1.48. The summed E-state index contributed by atoms with van der Waals surface area (Å²) in [6.07, 6.45) is 0. The number of anilines is 1. The number of carbonyl (C=O) groups excluding carboxylic acids is 3. The van der Waals surface area contributed by atoms with Crippen LogP contribution in [0.15, 0.2) is 78.9 Å². The average Bonchev–Trinajstić information content (AvgIpc) is 2.85. The molecule has 35 heavy (non-hydrogen) atoms. The summed E-state index contributed by atoms with van der Waals surface area (Å²) in [6.45, 7) is 2.07. The number of hydrogen-bond donors (Lipinski definition) is 0. The number of imide groups is 1. The van der Waals surface area contributed by atoms with Crippen LogP contribution in [-0.4, -0.2) is 35.7 Å². The maximum Gasteiger partial charge on any atom is 0.261 e. The van der Waals surface area contributed by atoms with Crippen LogP contribution < -0.4 is 4.90 Å². The van der Waals surface area contributed by atoms with Crippen LogP contribution in [0.5, 0.6) is 0 Å². The molecule has 0 spiro atoms. The number of amides is 3. The summed E-state index contributed by atoms with van der Waals surface area (Å²) in [7, 11) is 0. The highest BCUT2D eigenvalue weighted by molar-refractivity contribution is 6.37. The van der Waals surface area contributed by atoms with Gasteiger partial charge in [0.15, 0.2) is 0 Å². The molecule has 0 bridgehead atoms. The Morgan fingerprint density at radius 3 is 2.09 bits per heavy atom. The average molecular weight is 503 g/mol. The molecule has 0 aromatic heterocycles. The molecule has 1 aliphatic rings. The van der Waals surface area contributed by atoms with Crippen LogP contribution in [0.3, 0.4) is 0 Å². The highest BCUT2D eigenvalue weighted by Gasteiger charge is 2.33. The second kappa shape index (κ2) is 9.17. The van der Waals surface area contributed by atoms with E-state index in [1.54, 1.807) is 36.4 Å². The van der Waals surface area contributed by atoms with Crippen LogP contribution in [0.1, 0.15) is 36.6 Å². The first-order valence-electron chi connectivity index (χ1n) is 11.1. The van der Waals surface area contributed by atoms with Gasteiger partial charge in [0.05, 0.1) is 10.6 Å². The van der Waals surface area contributed by atoms with E-state index in [1.807, 2.05) is 43.3 Å². The molecule has 4 aromatic rings. The van der Waals surface area contributed by atoms with Crippen LogP contribution >= 0.6 is 23.2 Å². The third-order valence-electron chi connectivity index (χ3n) is 6.16. The highest BCUT2D eigenvalue weighted by atomic mass is 35.5. The van der Waals surface area contributed by atoms with Crippen LogP contribution in [-0.2, 0) is 0 Å². The first-order valence-corrected chi connectivity index (χ1v) is 11.8. The van der Waals surface area contributed by atoms with Gasteiger partial charge in [0.2, 0.25) is 0 Å². The van der Waals surface area contributed by atoms with Crippen molar-refractivity contribution in [3.05, 3.63) is 111 Å². The van der Waals surface area contributed by atoms with Gasteiger partial charge in [-0.2, -0.15) is 0 Å². The van der Waals surface area contributed by atoms with Crippen molar-refractivity contribution >= 4 is 57.4 Å². The zero-order valence-corrected chi connectivity index (χ0v) is 20.3. The predicted octanol–water partition coefficient (Wildman–Crippen LogP) is 6.40. The van der Waals surface area contributed by atoms with Crippen molar-refractivity contribution in [2.45, 2.75) is 6.92 Å². The van der Waals surface area contributed by atoms with Gasteiger partial charge in [-0.05, 0) is 54.8 Å². The first kappa shape index (κ1) is 23.1. The molecule has 174 valence electrons. The van der Waals surface area contributed by atoms with E-state index in [-0.39, 0.29) is 41.4 Å². The summed E-state index contributed by atoms with van der Waals surface area (Å²) in [4.78, 5) is 42.9. The normalized spacial score (nSPS) is 12.8. The number of hydrogen-bond acceptors (Lipinski definition) is 3. The lowest BCUT2D eigenvalue weighted by Crippen LogP contribution is -2.46. The zero-order chi connectivity index (χ0) is 24.7. The lowest BCUT2D eigenvalue weighted by Gasteiger charge is -2.30. The summed E-state index contributed by atoms with van der Waals surface area (Å²) in [6, 6.07) is 23.0. The molecule has 5 nitrogen and oxygen atoms in total. The van der Waals surface area contributed by atoms with Gasteiger partial charge in [-0.25, -0.2) is 0 Å². The number of rotatable bonds is 5. The molecule has 0 radical (unpaired) electrons. The van der Waals surface area contributed by atoms with Gasteiger partial charge < -0.3 is 4.90 Å². The quantitative estimate of drug-likeness (QED) is 0.296. The molecule has 0 saturated heterocycles. The van der Waals surface area contributed by atoms with Gasteiger partial charge >= 0.3 is 0 Å². The molecule has 1 heterocycles. The Morgan fingerprint density at radius 2 is 1.49 bits per heavy atom.